The van der Waals surface area contributed by atoms with Crippen molar-refractivity contribution in [3.8, 4) is 5.75 Å². The van der Waals surface area contributed by atoms with Crippen LogP contribution < -0.4 is 10.1 Å². The van der Waals surface area contributed by atoms with Gasteiger partial charge in [0.25, 0.3) is 5.91 Å². The zero-order valence-corrected chi connectivity index (χ0v) is 16.8. The maximum atomic E-state index is 12.4. The van der Waals surface area contributed by atoms with Gasteiger partial charge in [-0.15, -0.1) is 0 Å². The summed E-state index contributed by atoms with van der Waals surface area (Å²) in [6, 6.07) is 12.3. The summed E-state index contributed by atoms with van der Waals surface area (Å²) >= 11 is 15.5. The fourth-order valence-corrected chi connectivity index (χ4v) is 3.11. The van der Waals surface area contributed by atoms with E-state index in [-0.39, 0.29) is 18.3 Å². The number of anilines is 1. The highest BCUT2D eigenvalue weighted by Gasteiger charge is 2.12. The summed E-state index contributed by atoms with van der Waals surface area (Å²) in [7, 11) is 0. The SMILES string of the molecule is Cc1c(Cl)cccc1NC(=O)c1ccn(COc2ccc(Br)cc2Cl)n1. The highest BCUT2D eigenvalue weighted by Crippen LogP contribution is 2.28. The molecule has 1 amide bonds. The van der Waals surface area contributed by atoms with E-state index >= 15 is 0 Å². The Morgan fingerprint density at radius 1 is 1.23 bits per heavy atom. The van der Waals surface area contributed by atoms with Crippen LogP contribution in [-0.2, 0) is 6.73 Å². The van der Waals surface area contributed by atoms with Gasteiger partial charge in [0.2, 0.25) is 0 Å². The van der Waals surface area contributed by atoms with Gasteiger partial charge in [0.05, 0.1) is 5.02 Å². The minimum Gasteiger partial charge on any atom is -0.470 e. The Hall–Kier alpha value is -2.02. The van der Waals surface area contributed by atoms with Crippen molar-refractivity contribution in [1.82, 2.24) is 9.78 Å². The molecule has 0 saturated heterocycles. The van der Waals surface area contributed by atoms with Gasteiger partial charge >= 0.3 is 0 Å². The van der Waals surface area contributed by atoms with Crippen molar-refractivity contribution in [3.63, 3.8) is 0 Å². The maximum Gasteiger partial charge on any atom is 0.276 e. The van der Waals surface area contributed by atoms with Gasteiger partial charge in [0.1, 0.15) is 5.75 Å². The van der Waals surface area contributed by atoms with Crippen molar-refractivity contribution in [2.75, 3.05) is 5.32 Å². The van der Waals surface area contributed by atoms with E-state index in [1.54, 1.807) is 42.6 Å². The molecule has 5 nitrogen and oxygen atoms in total. The quantitative estimate of drug-likeness (QED) is 0.549. The van der Waals surface area contributed by atoms with Crippen LogP contribution in [0.4, 0.5) is 5.69 Å². The molecule has 0 unspecified atom stereocenters. The van der Waals surface area contributed by atoms with Crippen LogP contribution in [0.15, 0.2) is 53.1 Å². The van der Waals surface area contributed by atoms with Crippen LogP contribution in [0.5, 0.6) is 5.75 Å². The normalized spacial score (nSPS) is 10.6. The lowest BCUT2D eigenvalue weighted by Crippen LogP contribution is -2.15. The Morgan fingerprint density at radius 2 is 2.04 bits per heavy atom. The van der Waals surface area contributed by atoms with E-state index < -0.39 is 0 Å². The molecule has 0 bridgehead atoms. The van der Waals surface area contributed by atoms with Crippen molar-refractivity contribution in [2.24, 2.45) is 0 Å². The third-order valence-electron chi connectivity index (χ3n) is 3.64. The molecule has 0 aliphatic rings. The highest BCUT2D eigenvalue weighted by molar-refractivity contribution is 9.10. The number of carbonyl (C=O) groups excluding carboxylic acids is 1. The number of ether oxygens (including phenoxy) is 1. The molecular weight excluding hydrogens is 441 g/mol. The molecule has 0 saturated carbocycles. The number of aromatic nitrogens is 2. The topological polar surface area (TPSA) is 56.2 Å². The molecule has 8 heteroatoms. The van der Waals surface area contributed by atoms with Gasteiger partial charge in [-0.25, -0.2) is 4.68 Å². The minimum atomic E-state index is -0.323. The number of benzene rings is 2. The minimum absolute atomic E-state index is 0.130. The molecule has 0 atom stereocenters. The monoisotopic (exact) mass is 453 g/mol. The molecule has 0 spiro atoms. The van der Waals surface area contributed by atoms with Gasteiger partial charge in [-0.3, -0.25) is 4.79 Å². The molecule has 1 heterocycles. The van der Waals surface area contributed by atoms with Gasteiger partial charge in [-0.05, 0) is 48.9 Å². The number of carbonyl (C=O) groups is 1. The molecule has 1 aromatic heterocycles. The zero-order valence-electron chi connectivity index (χ0n) is 13.7. The first-order valence-corrected chi connectivity index (χ1v) is 9.16. The smallest absolute Gasteiger partial charge is 0.276 e. The lowest BCUT2D eigenvalue weighted by Gasteiger charge is -2.09. The number of halogens is 3. The second-order valence-corrected chi connectivity index (χ2v) is 7.19. The van der Waals surface area contributed by atoms with Crippen LogP contribution in [0.3, 0.4) is 0 Å². The van der Waals surface area contributed by atoms with Crippen molar-refractivity contribution in [1.29, 1.82) is 0 Å². The van der Waals surface area contributed by atoms with Crippen molar-refractivity contribution in [2.45, 2.75) is 13.7 Å². The summed E-state index contributed by atoms with van der Waals surface area (Å²) in [5.41, 5.74) is 1.72. The average molecular weight is 455 g/mol. The predicted octanol–water partition coefficient (Wildman–Crippen LogP) is 5.55. The second-order valence-electron chi connectivity index (χ2n) is 5.46. The van der Waals surface area contributed by atoms with E-state index in [1.807, 2.05) is 13.0 Å². The lowest BCUT2D eigenvalue weighted by molar-refractivity contribution is 0.102. The van der Waals surface area contributed by atoms with Crippen LogP contribution in [0, 0.1) is 6.92 Å². The van der Waals surface area contributed by atoms with Crippen LogP contribution in [-0.4, -0.2) is 15.7 Å². The summed E-state index contributed by atoms with van der Waals surface area (Å²) in [5, 5.41) is 8.10. The molecule has 134 valence electrons. The lowest BCUT2D eigenvalue weighted by atomic mass is 10.2. The summed E-state index contributed by atoms with van der Waals surface area (Å²) in [4.78, 5) is 12.4. The number of nitrogens with one attached hydrogen (secondary N) is 1. The fourth-order valence-electron chi connectivity index (χ4n) is 2.21. The first-order valence-electron chi connectivity index (χ1n) is 7.62. The van der Waals surface area contributed by atoms with Crippen molar-refractivity contribution in [3.05, 3.63) is 74.4 Å². The summed E-state index contributed by atoms with van der Waals surface area (Å²) in [5.74, 6) is 0.210. The molecule has 3 aromatic rings. The van der Waals surface area contributed by atoms with E-state index in [0.29, 0.717) is 21.5 Å². The van der Waals surface area contributed by atoms with Crippen molar-refractivity contribution >= 4 is 50.7 Å². The summed E-state index contributed by atoms with van der Waals surface area (Å²) in [6.07, 6.45) is 1.66. The Labute approximate surface area is 169 Å². The Balaban J connectivity index is 1.65. The number of hydrogen-bond acceptors (Lipinski definition) is 3. The first kappa shape index (κ1) is 18.8. The number of hydrogen-bond donors (Lipinski definition) is 1. The van der Waals surface area contributed by atoms with Gasteiger partial charge in [-0.1, -0.05) is 45.2 Å². The zero-order chi connectivity index (χ0) is 18.7. The Bertz CT molecular complexity index is 959. The average Bonchev–Trinajstić information content (AvgIpc) is 3.07. The number of nitrogens with zero attached hydrogens (tertiary/aromatic N) is 2. The van der Waals surface area contributed by atoms with Gasteiger partial charge in [0, 0.05) is 21.4 Å². The van der Waals surface area contributed by atoms with Crippen LogP contribution in [0.1, 0.15) is 16.1 Å². The maximum absolute atomic E-state index is 12.4. The molecule has 0 fully saturated rings. The van der Waals surface area contributed by atoms with Gasteiger partial charge in [-0.2, -0.15) is 5.10 Å². The van der Waals surface area contributed by atoms with Gasteiger partial charge in [0.15, 0.2) is 12.4 Å². The summed E-state index contributed by atoms with van der Waals surface area (Å²) < 4.78 is 8.00. The largest absolute Gasteiger partial charge is 0.470 e. The van der Waals surface area contributed by atoms with Crippen LogP contribution in [0.25, 0.3) is 0 Å². The fraction of sp³-hybridized carbons (Fsp3) is 0.111. The second kappa shape index (κ2) is 8.12. The van der Waals surface area contributed by atoms with Gasteiger partial charge < -0.3 is 10.1 Å². The Kier molecular flexibility index (Phi) is 5.86. The first-order chi connectivity index (χ1) is 12.4. The molecule has 3 rings (SSSR count). The number of rotatable bonds is 5. The van der Waals surface area contributed by atoms with E-state index in [2.05, 4.69) is 26.3 Å². The van der Waals surface area contributed by atoms with Crippen molar-refractivity contribution < 1.29 is 9.53 Å². The molecule has 0 aliphatic heterocycles. The molecular formula is C18H14BrCl2N3O2. The van der Waals surface area contributed by atoms with Crippen LogP contribution >= 0.6 is 39.1 Å². The standard InChI is InChI=1S/C18H14BrCl2N3O2/c1-11-13(20)3-2-4-15(11)22-18(25)16-7-8-24(23-16)10-26-17-6-5-12(19)9-14(17)21/h2-9H,10H2,1H3,(H,22,25). The third kappa shape index (κ3) is 4.38. The number of amides is 1. The predicted molar refractivity (Wildman–Crippen MR) is 106 cm³/mol. The van der Waals surface area contributed by atoms with E-state index in [9.17, 15) is 4.79 Å². The Morgan fingerprint density at radius 3 is 2.81 bits per heavy atom. The third-order valence-corrected chi connectivity index (χ3v) is 4.83. The molecule has 0 aliphatic carbocycles. The molecule has 2 aromatic carbocycles. The highest BCUT2D eigenvalue weighted by atomic mass is 79.9. The van der Waals surface area contributed by atoms with E-state index in [4.69, 9.17) is 27.9 Å². The molecule has 26 heavy (non-hydrogen) atoms. The van der Waals surface area contributed by atoms with E-state index in [1.165, 1.54) is 4.68 Å². The van der Waals surface area contributed by atoms with E-state index in [0.717, 1.165) is 10.0 Å². The van der Waals surface area contributed by atoms with Crippen LogP contribution in [0.2, 0.25) is 10.0 Å². The molecule has 1 N–H and O–H groups in total. The summed E-state index contributed by atoms with van der Waals surface area (Å²) in [6.45, 7) is 1.97. The molecule has 0 radical (unpaired) electrons.